The Labute approximate surface area is 161 Å². The molecule has 5 nitrogen and oxygen atoms in total. The number of rotatable bonds is 5. The molecule has 0 saturated heterocycles. The number of hydrogen-bond donors (Lipinski definition) is 2. The van der Waals surface area contributed by atoms with Crippen LogP contribution in [0.15, 0.2) is 47.4 Å². The first kappa shape index (κ1) is 18.8. The van der Waals surface area contributed by atoms with Crippen LogP contribution in [0.3, 0.4) is 0 Å². The molecule has 2 aromatic rings. The van der Waals surface area contributed by atoms with Crippen LogP contribution in [0.25, 0.3) is 0 Å². The van der Waals surface area contributed by atoms with E-state index in [9.17, 15) is 14.7 Å². The third-order valence-corrected chi connectivity index (χ3v) is 5.56. The number of hydrogen-bond acceptors (Lipinski definition) is 4. The van der Waals surface area contributed by atoms with Crippen LogP contribution < -0.4 is 9.62 Å². The Kier molecular flexibility index (Phi) is 5.86. The molecule has 0 aliphatic carbocycles. The van der Waals surface area contributed by atoms with E-state index in [2.05, 4.69) is 4.72 Å². The summed E-state index contributed by atoms with van der Waals surface area (Å²) in [7, 11) is 0. The van der Waals surface area contributed by atoms with E-state index in [1.807, 2.05) is 30.3 Å². The van der Waals surface area contributed by atoms with Crippen molar-refractivity contribution in [2.24, 2.45) is 0 Å². The Hall–Kier alpha value is -2.02. The van der Waals surface area contributed by atoms with Crippen molar-refractivity contribution in [1.29, 1.82) is 0 Å². The predicted octanol–water partition coefficient (Wildman–Crippen LogP) is 3.50. The third kappa shape index (κ3) is 4.20. The van der Waals surface area contributed by atoms with E-state index < -0.39 is 6.10 Å². The third-order valence-electron chi connectivity index (χ3n) is 4.25. The van der Waals surface area contributed by atoms with Gasteiger partial charge in [0.2, 0.25) is 11.8 Å². The second-order valence-electron chi connectivity index (χ2n) is 6.09. The number of halogens is 1. The van der Waals surface area contributed by atoms with E-state index in [4.69, 9.17) is 11.6 Å². The zero-order valence-electron chi connectivity index (χ0n) is 14.2. The van der Waals surface area contributed by atoms with E-state index in [1.165, 1.54) is 6.92 Å². The highest BCUT2D eigenvalue weighted by Crippen LogP contribution is 2.36. The highest BCUT2D eigenvalue weighted by molar-refractivity contribution is 7.98. The summed E-state index contributed by atoms with van der Waals surface area (Å²) >= 11 is 7.39. The number of anilines is 1. The molecule has 0 fully saturated rings. The van der Waals surface area contributed by atoms with E-state index in [0.717, 1.165) is 29.6 Å². The number of carbonyl (C=O) groups excluding carboxylic acids is 2. The van der Waals surface area contributed by atoms with Crippen LogP contribution in [0.2, 0.25) is 5.02 Å². The number of nitrogens with one attached hydrogen (secondary N) is 1. The lowest BCUT2D eigenvalue weighted by atomic mass is 10.1. The fourth-order valence-corrected chi connectivity index (χ4v) is 3.85. The lowest BCUT2D eigenvalue weighted by Gasteiger charge is -2.16. The molecule has 3 rings (SSSR count). The number of fused-ring (bicyclic) bond motifs is 1. The van der Waals surface area contributed by atoms with Crippen molar-refractivity contribution in [2.75, 3.05) is 11.4 Å². The van der Waals surface area contributed by atoms with Crippen molar-refractivity contribution in [2.45, 2.75) is 30.8 Å². The Balaban J connectivity index is 1.64. The SMILES string of the molecule is CC(=O)N1CCc2cc(Cl)c(SNC(=O)CC(O)c3ccccc3)cc21. The first-order chi connectivity index (χ1) is 12.5. The Morgan fingerprint density at radius 1 is 1.31 bits per heavy atom. The first-order valence-electron chi connectivity index (χ1n) is 8.25. The van der Waals surface area contributed by atoms with Crippen LogP contribution in [0, 0.1) is 0 Å². The number of carbonyl (C=O) groups is 2. The first-order valence-corrected chi connectivity index (χ1v) is 9.44. The number of benzene rings is 2. The number of aliphatic hydroxyl groups excluding tert-OH is 1. The Morgan fingerprint density at radius 2 is 2.04 bits per heavy atom. The van der Waals surface area contributed by atoms with Crippen molar-refractivity contribution in [1.82, 2.24) is 4.72 Å². The van der Waals surface area contributed by atoms with Gasteiger partial charge in [-0.3, -0.25) is 14.3 Å². The second-order valence-corrected chi connectivity index (χ2v) is 7.35. The lowest BCUT2D eigenvalue weighted by Crippen LogP contribution is -2.25. The van der Waals surface area contributed by atoms with Crippen molar-refractivity contribution < 1.29 is 14.7 Å². The van der Waals surface area contributed by atoms with Gasteiger partial charge < -0.3 is 10.0 Å². The van der Waals surface area contributed by atoms with Crippen LogP contribution >= 0.6 is 23.5 Å². The molecule has 2 aromatic carbocycles. The molecule has 0 saturated carbocycles. The number of aliphatic hydroxyl groups is 1. The predicted molar refractivity (Wildman–Crippen MR) is 103 cm³/mol. The average Bonchev–Trinajstić information content (AvgIpc) is 3.03. The van der Waals surface area contributed by atoms with Gasteiger partial charge in [0.1, 0.15) is 0 Å². The van der Waals surface area contributed by atoms with Gasteiger partial charge in [0.25, 0.3) is 0 Å². The zero-order chi connectivity index (χ0) is 18.7. The van der Waals surface area contributed by atoms with Crippen molar-refractivity contribution in [3.63, 3.8) is 0 Å². The van der Waals surface area contributed by atoms with Gasteiger partial charge in [0.05, 0.1) is 17.5 Å². The van der Waals surface area contributed by atoms with E-state index in [1.54, 1.807) is 17.0 Å². The minimum absolute atomic E-state index is 0.0166. The maximum atomic E-state index is 12.1. The standard InChI is InChI=1S/C19H19ClN2O3S/c1-12(23)22-8-7-14-9-15(20)18(10-16(14)22)26-21-19(25)11-17(24)13-5-3-2-4-6-13/h2-6,9-10,17,24H,7-8,11H2,1H3,(H,21,25). The van der Waals surface area contributed by atoms with Gasteiger partial charge in [-0.1, -0.05) is 41.9 Å². The van der Waals surface area contributed by atoms with Gasteiger partial charge >= 0.3 is 0 Å². The average molecular weight is 391 g/mol. The monoisotopic (exact) mass is 390 g/mol. The van der Waals surface area contributed by atoms with Gasteiger partial charge in [-0.15, -0.1) is 0 Å². The summed E-state index contributed by atoms with van der Waals surface area (Å²) < 4.78 is 2.71. The quantitative estimate of drug-likeness (QED) is 0.766. The van der Waals surface area contributed by atoms with E-state index >= 15 is 0 Å². The summed E-state index contributed by atoms with van der Waals surface area (Å²) in [6.07, 6.45) is -0.130. The van der Waals surface area contributed by atoms with Crippen molar-refractivity contribution in [3.8, 4) is 0 Å². The minimum Gasteiger partial charge on any atom is -0.388 e. The van der Waals surface area contributed by atoms with Gasteiger partial charge in [0.15, 0.2) is 0 Å². The molecule has 1 aliphatic rings. The highest BCUT2D eigenvalue weighted by Gasteiger charge is 2.24. The molecule has 1 atom stereocenters. The van der Waals surface area contributed by atoms with Crippen LogP contribution in [0.5, 0.6) is 0 Å². The van der Waals surface area contributed by atoms with Gasteiger partial charge in [0, 0.05) is 24.1 Å². The molecular formula is C19H19ClN2O3S. The number of nitrogens with zero attached hydrogens (tertiary/aromatic N) is 1. The van der Waals surface area contributed by atoms with E-state index in [0.29, 0.717) is 22.0 Å². The van der Waals surface area contributed by atoms with Crippen LogP contribution in [-0.2, 0) is 16.0 Å². The fraction of sp³-hybridized carbons (Fsp3) is 0.263. The van der Waals surface area contributed by atoms with Crippen LogP contribution in [0.1, 0.15) is 30.6 Å². The molecule has 2 N–H and O–H groups in total. The summed E-state index contributed by atoms with van der Waals surface area (Å²) in [6, 6.07) is 12.7. The molecule has 2 amide bonds. The molecule has 0 radical (unpaired) electrons. The number of amides is 2. The Bertz CT molecular complexity index is 829. The summed E-state index contributed by atoms with van der Waals surface area (Å²) in [5.41, 5.74) is 2.56. The molecule has 1 heterocycles. The van der Waals surface area contributed by atoms with E-state index in [-0.39, 0.29) is 18.2 Å². The smallest absolute Gasteiger partial charge is 0.233 e. The second kappa shape index (κ2) is 8.12. The summed E-state index contributed by atoms with van der Waals surface area (Å²) in [6.45, 7) is 2.17. The van der Waals surface area contributed by atoms with Gasteiger partial charge in [-0.2, -0.15) is 0 Å². The van der Waals surface area contributed by atoms with Crippen LogP contribution in [-0.4, -0.2) is 23.5 Å². The lowest BCUT2D eigenvalue weighted by molar-refractivity contribution is -0.121. The fourth-order valence-electron chi connectivity index (χ4n) is 2.92. The molecule has 26 heavy (non-hydrogen) atoms. The molecule has 136 valence electrons. The summed E-state index contributed by atoms with van der Waals surface area (Å²) in [5.74, 6) is -0.316. The minimum atomic E-state index is -0.861. The van der Waals surface area contributed by atoms with Crippen molar-refractivity contribution in [3.05, 3.63) is 58.6 Å². The summed E-state index contributed by atoms with van der Waals surface area (Å²) in [5, 5.41) is 10.7. The zero-order valence-corrected chi connectivity index (χ0v) is 15.8. The maximum absolute atomic E-state index is 12.1. The molecule has 0 spiro atoms. The highest BCUT2D eigenvalue weighted by atomic mass is 35.5. The largest absolute Gasteiger partial charge is 0.388 e. The van der Waals surface area contributed by atoms with Gasteiger partial charge in [-0.25, -0.2) is 0 Å². The summed E-state index contributed by atoms with van der Waals surface area (Å²) in [4.78, 5) is 26.2. The normalized spacial score (nSPS) is 14.0. The topological polar surface area (TPSA) is 69.6 Å². The van der Waals surface area contributed by atoms with Crippen LogP contribution in [0.4, 0.5) is 5.69 Å². The molecule has 7 heteroatoms. The molecule has 0 aromatic heterocycles. The van der Waals surface area contributed by atoms with Crippen molar-refractivity contribution >= 4 is 41.1 Å². The molecular weight excluding hydrogens is 372 g/mol. The Morgan fingerprint density at radius 3 is 2.73 bits per heavy atom. The van der Waals surface area contributed by atoms with Gasteiger partial charge in [-0.05, 0) is 41.6 Å². The molecule has 0 bridgehead atoms. The molecule has 1 aliphatic heterocycles. The maximum Gasteiger partial charge on any atom is 0.233 e. The molecule has 1 unspecified atom stereocenters.